The maximum Gasteiger partial charge on any atom is 0.573 e. The molecular formula is C22H17F3N2O7. The Morgan fingerprint density at radius 2 is 1.82 bits per heavy atom. The molecule has 1 atom stereocenters. The molecule has 1 saturated heterocycles. The molecule has 2 aliphatic rings. The van der Waals surface area contributed by atoms with Crippen molar-refractivity contribution in [3.05, 3.63) is 53.1 Å². The lowest BCUT2D eigenvalue weighted by Gasteiger charge is -2.23. The van der Waals surface area contributed by atoms with Gasteiger partial charge in [-0.1, -0.05) is 12.1 Å². The number of imide groups is 1. The fourth-order valence-electron chi connectivity index (χ4n) is 4.37. The number of ether oxygens (including phenoxy) is 2. The smallest absolute Gasteiger partial charge is 0.497 e. The summed E-state index contributed by atoms with van der Waals surface area (Å²) >= 11 is 0. The van der Waals surface area contributed by atoms with Crippen molar-refractivity contribution < 1.29 is 46.9 Å². The molecule has 3 amide bonds. The van der Waals surface area contributed by atoms with Gasteiger partial charge in [-0.05, 0) is 29.8 Å². The molecule has 2 aromatic rings. The molecule has 2 aromatic carbocycles. The van der Waals surface area contributed by atoms with Gasteiger partial charge in [0.05, 0.1) is 13.5 Å². The van der Waals surface area contributed by atoms with Crippen LogP contribution in [0.1, 0.15) is 23.1 Å². The minimum atomic E-state index is -5.09. The number of carbonyl (C=O) groups is 4. The van der Waals surface area contributed by atoms with Crippen LogP contribution in [-0.4, -0.2) is 48.8 Å². The number of carboxylic acids is 1. The molecule has 4 rings (SSSR count). The van der Waals surface area contributed by atoms with E-state index in [9.17, 15) is 37.5 Å². The first-order valence-electron chi connectivity index (χ1n) is 9.89. The number of anilines is 1. The molecule has 2 aliphatic heterocycles. The zero-order chi connectivity index (χ0) is 24.8. The second-order valence-corrected chi connectivity index (χ2v) is 7.75. The van der Waals surface area contributed by atoms with Crippen LogP contribution in [-0.2, 0) is 31.0 Å². The molecule has 0 aromatic heterocycles. The van der Waals surface area contributed by atoms with E-state index in [0.717, 1.165) is 17.0 Å². The highest BCUT2D eigenvalue weighted by Gasteiger charge is 2.62. The summed E-state index contributed by atoms with van der Waals surface area (Å²) in [6.45, 7) is -0.851. The first kappa shape index (κ1) is 23.1. The van der Waals surface area contributed by atoms with Crippen molar-refractivity contribution >= 4 is 29.4 Å². The highest BCUT2D eigenvalue weighted by atomic mass is 19.4. The lowest BCUT2D eigenvalue weighted by Crippen LogP contribution is -2.47. The van der Waals surface area contributed by atoms with Crippen LogP contribution in [0.2, 0.25) is 0 Å². The van der Waals surface area contributed by atoms with Crippen LogP contribution in [0.4, 0.5) is 18.9 Å². The second-order valence-electron chi connectivity index (χ2n) is 7.75. The molecule has 178 valence electrons. The van der Waals surface area contributed by atoms with Crippen LogP contribution < -0.4 is 19.7 Å². The summed E-state index contributed by atoms with van der Waals surface area (Å²) in [6.07, 6.45) is -5.97. The highest BCUT2D eigenvalue weighted by Crippen LogP contribution is 2.51. The van der Waals surface area contributed by atoms with E-state index in [-0.39, 0.29) is 23.2 Å². The number of hydrogen-bond donors (Lipinski definition) is 2. The number of amides is 3. The Labute approximate surface area is 190 Å². The van der Waals surface area contributed by atoms with Crippen molar-refractivity contribution in [3.8, 4) is 11.5 Å². The molecule has 1 unspecified atom stereocenters. The Balaban J connectivity index is 1.97. The van der Waals surface area contributed by atoms with Crippen LogP contribution in [0.25, 0.3) is 0 Å². The largest absolute Gasteiger partial charge is 0.573 e. The third-order valence-electron chi connectivity index (χ3n) is 5.70. The standard InChI is InChI=1S/C22H17F3N2O7/c1-33-12-4-2-11(3-5-12)8-13-15(34-22(23,24)25)7-6-14-18(13)21(9-16(28)26-19(21)31)20(32)27(14)10-17(29)30/h2-7H,8-10H2,1H3,(H,29,30)(H,26,28,31). The summed E-state index contributed by atoms with van der Waals surface area (Å²) in [5, 5.41) is 11.3. The molecule has 9 nitrogen and oxygen atoms in total. The molecule has 0 saturated carbocycles. The predicted molar refractivity (Wildman–Crippen MR) is 108 cm³/mol. The first-order valence-corrected chi connectivity index (χ1v) is 9.89. The number of hydrogen-bond acceptors (Lipinski definition) is 6. The van der Waals surface area contributed by atoms with E-state index < -0.39 is 54.2 Å². The molecule has 2 heterocycles. The number of carboxylic acid groups (broad SMARTS) is 1. The van der Waals surface area contributed by atoms with E-state index in [1.807, 2.05) is 5.32 Å². The highest BCUT2D eigenvalue weighted by molar-refractivity contribution is 6.29. The van der Waals surface area contributed by atoms with E-state index in [1.54, 1.807) is 24.3 Å². The van der Waals surface area contributed by atoms with Crippen molar-refractivity contribution in [3.63, 3.8) is 0 Å². The Bertz CT molecular complexity index is 1210. The fourth-order valence-corrected chi connectivity index (χ4v) is 4.37. The first-order chi connectivity index (χ1) is 16.0. The predicted octanol–water partition coefficient (Wildman–Crippen LogP) is 1.90. The van der Waals surface area contributed by atoms with Crippen LogP contribution >= 0.6 is 0 Å². The van der Waals surface area contributed by atoms with Crippen LogP contribution in [0.15, 0.2) is 36.4 Å². The van der Waals surface area contributed by atoms with Crippen LogP contribution in [0.3, 0.4) is 0 Å². The number of nitrogens with one attached hydrogen (secondary N) is 1. The maximum atomic E-state index is 13.3. The number of carbonyl (C=O) groups excluding carboxylic acids is 3. The van der Waals surface area contributed by atoms with Gasteiger partial charge < -0.3 is 14.6 Å². The molecule has 0 radical (unpaired) electrons. The number of rotatable bonds is 6. The summed E-state index contributed by atoms with van der Waals surface area (Å²) in [4.78, 5) is 50.5. The van der Waals surface area contributed by atoms with Gasteiger partial charge in [-0.15, -0.1) is 13.2 Å². The SMILES string of the molecule is COc1ccc(Cc2c(OC(F)(F)F)ccc3c2C2(CC(=O)NC2=O)C(=O)N3CC(=O)O)cc1. The summed E-state index contributed by atoms with van der Waals surface area (Å²) in [5.74, 6) is -4.43. The quantitative estimate of drug-likeness (QED) is 0.480. The Morgan fingerprint density at radius 3 is 2.35 bits per heavy atom. The second kappa shape index (κ2) is 8.04. The minimum absolute atomic E-state index is 0.0738. The van der Waals surface area contributed by atoms with E-state index in [2.05, 4.69) is 4.74 Å². The normalized spacial score (nSPS) is 19.4. The summed E-state index contributed by atoms with van der Waals surface area (Å²) in [5.41, 5.74) is -2.12. The van der Waals surface area contributed by atoms with E-state index in [1.165, 1.54) is 7.11 Å². The van der Waals surface area contributed by atoms with E-state index >= 15 is 0 Å². The topological polar surface area (TPSA) is 122 Å². The number of fused-ring (bicyclic) bond motifs is 2. The van der Waals surface area contributed by atoms with Gasteiger partial charge in [-0.25, -0.2) is 0 Å². The Kier molecular flexibility index (Phi) is 5.46. The number of aliphatic carboxylic acids is 1. The third-order valence-corrected chi connectivity index (χ3v) is 5.70. The average Bonchev–Trinajstić information content (AvgIpc) is 3.17. The third kappa shape index (κ3) is 3.80. The van der Waals surface area contributed by atoms with Gasteiger partial charge in [0.1, 0.15) is 18.0 Å². The molecule has 0 aliphatic carbocycles. The lowest BCUT2D eigenvalue weighted by molar-refractivity contribution is -0.274. The maximum absolute atomic E-state index is 13.3. The van der Waals surface area contributed by atoms with Crippen LogP contribution in [0.5, 0.6) is 11.5 Å². The van der Waals surface area contributed by atoms with Gasteiger partial charge in [0.25, 0.3) is 0 Å². The Morgan fingerprint density at radius 1 is 1.15 bits per heavy atom. The molecule has 1 spiro atoms. The molecule has 12 heteroatoms. The lowest BCUT2D eigenvalue weighted by atomic mass is 9.76. The number of halogens is 3. The van der Waals surface area contributed by atoms with Gasteiger partial charge in [0.2, 0.25) is 17.7 Å². The number of benzene rings is 2. The van der Waals surface area contributed by atoms with Crippen molar-refractivity contribution in [2.75, 3.05) is 18.6 Å². The molecule has 0 bridgehead atoms. The van der Waals surface area contributed by atoms with E-state index in [0.29, 0.717) is 11.3 Å². The number of methoxy groups -OCH3 is 1. The van der Waals surface area contributed by atoms with Crippen molar-refractivity contribution in [2.24, 2.45) is 0 Å². The number of alkyl halides is 3. The molecule has 1 fully saturated rings. The van der Waals surface area contributed by atoms with Gasteiger partial charge in [-0.2, -0.15) is 0 Å². The number of nitrogens with zero attached hydrogens (tertiary/aromatic N) is 1. The summed E-state index contributed by atoms with van der Waals surface area (Å²) in [7, 11) is 1.44. The Hall–Kier alpha value is -4.09. The van der Waals surface area contributed by atoms with Gasteiger partial charge in [0.15, 0.2) is 5.41 Å². The van der Waals surface area contributed by atoms with Gasteiger partial charge >= 0.3 is 12.3 Å². The minimum Gasteiger partial charge on any atom is -0.497 e. The molecule has 34 heavy (non-hydrogen) atoms. The zero-order valence-electron chi connectivity index (χ0n) is 17.6. The van der Waals surface area contributed by atoms with Gasteiger partial charge in [0, 0.05) is 23.2 Å². The summed E-state index contributed by atoms with van der Waals surface area (Å²) in [6, 6.07) is 8.35. The van der Waals surface area contributed by atoms with Crippen LogP contribution in [0, 0.1) is 0 Å². The summed E-state index contributed by atoms with van der Waals surface area (Å²) < 4.78 is 48.9. The van der Waals surface area contributed by atoms with Crippen molar-refractivity contribution in [1.82, 2.24) is 5.32 Å². The molecule has 2 N–H and O–H groups in total. The monoisotopic (exact) mass is 478 g/mol. The molecular weight excluding hydrogens is 461 g/mol. The fraction of sp³-hybridized carbons (Fsp3) is 0.273. The van der Waals surface area contributed by atoms with Crippen molar-refractivity contribution in [1.29, 1.82) is 0 Å². The van der Waals surface area contributed by atoms with E-state index in [4.69, 9.17) is 4.74 Å². The zero-order valence-corrected chi connectivity index (χ0v) is 17.6. The van der Waals surface area contributed by atoms with Gasteiger partial charge in [-0.3, -0.25) is 29.4 Å². The van der Waals surface area contributed by atoms with Crippen molar-refractivity contribution in [2.45, 2.75) is 24.6 Å². The average molecular weight is 478 g/mol.